The van der Waals surface area contributed by atoms with E-state index >= 15 is 0 Å². The number of anilines is 1. The molecule has 0 saturated carbocycles. The number of hydrogen-bond donors (Lipinski definition) is 1. The largest absolute Gasteiger partial charge is 0.352 e. The summed E-state index contributed by atoms with van der Waals surface area (Å²) in [5.74, 6) is -0.778. The third-order valence-corrected chi connectivity index (χ3v) is 10.1. The van der Waals surface area contributed by atoms with Gasteiger partial charge in [0.2, 0.25) is 11.8 Å². The molecule has 0 saturated heterocycles. The molecule has 0 radical (unpaired) electrons. The minimum atomic E-state index is -4.15. The predicted octanol–water partition coefficient (Wildman–Crippen LogP) is 6.82. The first-order chi connectivity index (χ1) is 21.5. The second kappa shape index (κ2) is 15.4. The van der Waals surface area contributed by atoms with Crippen molar-refractivity contribution < 1.29 is 18.0 Å². The van der Waals surface area contributed by atoms with Crippen LogP contribution >= 0.6 is 15.9 Å². The van der Waals surface area contributed by atoms with Gasteiger partial charge in [-0.1, -0.05) is 101 Å². The number of nitrogens with zero attached hydrogens (tertiary/aromatic N) is 2. The molecule has 0 heterocycles. The number of carbonyl (C=O) groups is 2. The molecule has 236 valence electrons. The molecule has 7 nitrogen and oxygen atoms in total. The van der Waals surface area contributed by atoms with Gasteiger partial charge in [-0.2, -0.15) is 0 Å². The Morgan fingerprint density at radius 1 is 0.800 bits per heavy atom. The molecule has 0 bridgehead atoms. The molecule has 4 aromatic rings. The monoisotopic (exact) mass is 689 g/mol. The fourth-order valence-corrected chi connectivity index (χ4v) is 6.54. The molecule has 0 aliphatic rings. The van der Waals surface area contributed by atoms with Crippen LogP contribution in [0, 0.1) is 13.8 Å². The Hall–Kier alpha value is -3.95. The Bertz CT molecular complexity index is 1680. The molecule has 0 aromatic heterocycles. The number of benzene rings is 4. The highest BCUT2D eigenvalue weighted by atomic mass is 79.9. The lowest BCUT2D eigenvalue weighted by Crippen LogP contribution is -2.54. The normalized spacial score (nSPS) is 12.6. The summed E-state index contributed by atoms with van der Waals surface area (Å²) < 4.78 is 30.2. The zero-order valence-corrected chi connectivity index (χ0v) is 28.5. The van der Waals surface area contributed by atoms with Crippen molar-refractivity contribution in [1.29, 1.82) is 0 Å². The van der Waals surface area contributed by atoms with Gasteiger partial charge in [0.15, 0.2) is 0 Å². The molecule has 0 fully saturated rings. The summed E-state index contributed by atoms with van der Waals surface area (Å²) in [7, 11) is -4.15. The lowest BCUT2D eigenvalue weighted by atomic mass is 10.0. The van der Waals surface area contributed by atoms with Crippen molar-refractivity contribution in [2.24, 2.45) is 0 Å². The molecule has 2 atom stereocenters. The molecular weight excluding hydrogens is 650 g/mol. The topological polar surface area (TPSA) is 86.8 Å². The molecule has 4 rings (SSSR count). The third kappa shape index (κ3) is 9.05. The number of hydrogen-bond acceptors (Lipinski definition) is 4. The zero-order valence-electron chi connectivity index (χ0n) is 26.1. The molecule has 45 heavy (non-hydrogen) atoms. The van der Waals surface area contributed by atoms with E-state index in [0.717, 1.165) is 37.5 Å². The molecule has 4 aromatic carbocycles. The molecule has 0 unspecified atom stereocenters. The number of carbonyl (C=O) groups excluding carboxylic acids is 2. The van der Waals surface area contributed by atoms with E-state index in [4.69, 9.17) is 0 Å². The Morgan fingerprint density at radius 3 is 1.96 bits per heavy atom. The molecule has 0 aliphatic heterocycles. The third-order valence-electron chi connectivity index (χ3n) is 7.75. The van der Waals surface area contributed by atoms with E-state index < -0.39 is 28.5 Å². The summed E-state index contributed by atoms with van der Waals surface area (Å²) in [4.78, 5) is 30.0. The van der Waals surface area contributed by atoms with Gasteiger partial charge in [0.05, 0.1) is 10.6 Å². The van der Waals surface area contributed by atoms with Crippen LogP contribution in [0.1, 0.15) is 42.5 Å². The van der Waals surface area contributed by atoms with Crippen LogP contribution in [0.15, 0.2) is 112 Å². The lowest BCUT2D eigenvalue weighted by Gasteiger charge is -2.34. The van der Waals surface area contributed by atoms with Gasteiger partial charge >= 0.3 is 0 Å². The van der Waals surface area contributed by atoms with E-state index in [1.54, 1.807) is 48.5 Å². The van der Waals surface area contributed by atoms with Crippen LogP contribution < -0.4 is 9.62 Å². The summed E-state index contributed by atoms with van der Waals surface area (Å²) in [5, 5.41) is 3.06. The smallest absolute Gasteiger partial charge is 0.264 e. The van der Waals surface area contributed by atoms with Crippen LogP contribution in [0.3, 0.4) is 0 Å². The quantitative estimate of drug-likeness (QED) is 0.167. The number of sulfonamides is 1. The van der Waals surface area contributed by atoms with Crippen molar-refractivity contribution in [3.05, 3.63) is 130 Å². The minimum Gasteiger partial charge on any atom is -0.352 e. The van der Waals surface area contributed by atoms with Gasteiger partial charge in [-0.3, -0.25) is 13.9 Å². The first kappa shape index (κ1) is 33.9. The van der Waals surface area contributed by atoms with Crippen LogP contribution in [-0.4, -0.2) is 43.8 Å². The van der Waals surface area contributed by atoms with E-state index in [-0.39, 0.29) is 29.8 Å². The van der Waals surface area contributed by atoms with E-state index in [1.807, 2.05) is 82.3 Å². The summed E-state index contributed by atoms with van der Waals surface area (Å²) >= 11 is 3.42. The Morgan fingerprint density at radius 2 is 1.38 bits per heavy atom. The van der Waals surface area contributed by atoms with Crippen molar-refractivity contribution in [2.45, 2.75) is 64.1 Å². The maximum Gasteiger partial charge on any atom is 0.264 e. The Labute approximate surface area is 275 Å². The average molecular weight is 691 g/mol. The highest BCUT2D eigenvalue weighted by molar-refractivity contribution is 9.10. The standard InChI is InChI=1S/C36H40BrN3O4S/c1-5-28(4)38-36(42)34(23-29-9-7-6-8-10-29)39(24-30-15-11-26(2)12-16-30)35(41)25-40(32-19-17-31(37)18-20-32)45(43,44)33-21-13-27(3)14-22-33/h6-22,28,34H,5,23-25H2,1-4H3,(H,38,42)/t28-,34+/m1/s1. The lowest BCUT2D eigenvalue weighted by molar-refractivity contribution is -0.140. The molecule has 1 N–H and O–H groups in total. The highest BCUT2D eigenvalue weighted by Crippen LogP contribution is 2.27. The van der Waals surface area contributed by atoms with E-state index in [2.05, 4.69) is 21.2 Å². The number of aryl methyl sites for hydroxylation is 2. The van der Waals surface area contributed by atoms with Crippen molar-refractivity contribution >= 4 is 43.5 Å². The van der Waals surface area contributed by atoms with E-state index in [1.165, 1.54) is 4.90 Å². The van der Waals surface area contributed by atoms with Gasteiger partial charge in [0.25, 0.3) is 10.0 Å². The van der Waals surface area contributed by atoms with Crippen molar-refractivity contribution in [2.75, 3.05) is 10.8 Å². The SMILES string of the molecule is CC[C@@H](C)NC(=O)[C@H](Cc1ccccc1)N(Cc1ccc(C)cc1)C(=O)CN(c1ccc(Br)cc1)S(=O)(=O)c1ccc(C)cc1. The summed E-state index contributed by atoms with van der Waals surface area (Å²) in [6.45, 7) is 7.41. The maximum absolute atomic E-state index is 14.5. The van der Waals surface area contributed by atoms with Gasteiger partial charge < -0.3 is 10.2 Å². The number of halogens is 1. The molecule has 9 heteroatoms. The molecule has 0 aliphatic carbocycles. The molecular formula is C36H40BrN3O4S. The van der Waals surface area contributed by atoms with Crippen molar-refractivity contribution in [3.63, 3.8) is 0 Å². The summed E-state index contributed by atoms with van der Waals surface area (Å²) in [6, 6.07) is 29.7. The zero-order chi connectivity index (χ0) is 32.6. The van der Waals surface area contributed by atoms with Crippen molar-refractivity contribution in [3.8, 4) is 0 Å². The number of rotatable bonds is 13. The average Bonchev–Trinajstić information content (AvgIpc) is 3.03. The second-order valence-corrected chi connectivity index (χ2v) is 14.1. The Kier molecular flexibility index (Phi) is 11.6. The minimum absolute atomic E-state index is 0.0734. The second-order valence-electron chi connectivity index (χ2n) is 11.3. The van der Waals surface area contributed by atoms with Crippen LogP contribution in [0.4, 0.5) is 5.69 Å². The number of amides is 2. The van der Waals surface area contributed by atoms with Crippen molar-refractivity contribution in [1.82, 2.24) is 10.2 Å². The van der Waals surface area contributed by atoms with Gasteiger partial charge in [-0.05, 0) is 74.7 Å². The summed E-state index contributed by atoms with van der Waals surface area (Å²) in [6.07, 6.45) is 0.992. The first-order valence-electron chi connectivity index (χ1n) is 15.0. The van der Waals surface area contributed by atoms with Gasteiger partial charge in [0, 0.05) is 23.5 Å². The van der Waals surface area contributed by atoms with E-state index in [0.29, 0.717) is 5.69 Å². The Balaban J connectivity index is 1.80. The molecule has 2 amide bonds. The van der Waals surface area contributed by atoms with Gasteiger partial charge in [-0.25, -0.2) is 8.42 Å². The van der Waals surface area contributed by atoms with Crippen LogP contribution in [0.25, 0.3) is 0 Å². The molecule has 0 spiro atoms. The fourth-order valence-electron chi connectivity index (χ4n) is 4.86. The maximum atomic E-state index is 14.5. The number of nitrogens with one attached hydrogen (secondary N) is 1. The van der Waals surface area contributed by atoms with E-state index in [9.17, 15) is 18.0 Å². The van der Waals surface area contributed by atoms with Crippen LogP contribution in [0.5, 0.6) is 0 Å². The fraction of sp³-hybridized carbons (Fsp3) is 0.278. The van der Waals surface area contributed by atoms with Crippen LogP contribution in [-0.2, 0) is 32.6 Å². The van der Waals surface area contributed by atoms with Gasteiger partial charge in [0.1, 0.15) is 12.6 Å². The highest BCUT2D eigenvalue weighted by Gasteiger charge is 2.35. The summed E-state index contributed by atoms with van der Waals surface area (Å²) in [5.41, 5.74) is 4.05. The predicted molar refractivity (Wildman–Crippen MR) is 183 cm³/mol. The van der Waals surface area contributed by atoms with Crippen LogP contribution in [0.2, 0.25) is 0 Å². The van der Waals surface area contributed by atoms with Gasteiger partial charge in [-0.15, -0.1) is 0 Å². The first-order valence-corrected chi connectivity index (χ1v) is 17.3.